The van der Waals surface area contributed by atoms with E-state index in [-0.39, 0.29) is 12.5 Å². The molecule has 1 aromatic carbocycles. The minimum absolute atomic E-state index is 0.0596. The molecule has 0 aliphatic carbocycles. The number of aromatic nitrogens is 3. The molecule has 2 aromatic heterocycles. The Kier molecular flexibility index (Phi) is 5.36. The normalized spacial score (nSPS) is 19.5. The van der Waals surface area contributed by atoms with E-state index in [9.17, 15) is 9.90 Å². The van der Waals surface area contributed by atoms with Crippen molar-refractivity contribution in [3.8, 4) is 6.07 Å². The predicted molar refractivity (Wildman–Crippen MR) is 112 cm³/mol. The topological polar surface area (TPSA) is 95.0 Å². The second kappa shape index (κ2) is 8.11. The molecule has 2 unspecified atom stereocenters. The molecule has 0 radical (unpaired) electrons. The smallest absolute Gasteiger partial charge is 0.251 e. The molecule has 3 heterocycles. The van der Waals surface area contributed by atoms with Crippen LogP contribution in [0.4, 0.5) is 5.82 Å². The molecule has 3 aromatic rings. The minimum Gasteiger partial charge on any atom is -0.385 e. The van der Waals surface area contributed by atoms with Gasteiger partial charge in [0.2, 0.25) is 0 Å². The monoisotopic (exact) mass is 419 g/mol. The molecule has 1 N–H and O–H groups in total. The van der Waals surface area contributed by atoms with Crippen LogP contribution in [0.1, 0.15) is 22.9 Å². The zero-order valence-electron chi connectivity index (χ0n) is 15.9. The second-order valence-electron chi connectivity index (χ2n) is 7.03. The molecule has 2 atom stereocenters. The lowest BCUT2D eigenvalue weighted by Crippen LogP contribution is -2.48. The van der Waals surface area contributed by atoms with Crippen molar-refractivity contribution >= 4 is 23.3 Å². The molecule has 0 bridgehead atoms. The molecule has 7 nitrogen and oxygen atoms in total. The fraction of sp³-hybridized carbons (Fsp3) is 0.182. The zero-order chi connectivity index (χ0) is 21.1. The van der Waals surface area contributed by atoms with E-state index in [4.69, 9.17) is 16.9 Å². The Labute approximate surface area is 178 Å². The van der Waals surface area contributed by atoms with E-state index in [1.54, 1.807) is 53.6 Å². The number of hydrogen-bond donors (Lipinski definition) is 1. The Morgan fingerprint density at radius 3 is 2.77 bits per heavy atom. The molecule has 8 heteroatoms. The molecule has 4 rings (SSSR count). The van der Waals surface area contributed by atoms with Crippen LogP contribution in [0, 0.1) is 11.3 Å². The summed E-state index contributed by atoms with van der Waals surface area (Å²) in [5, 5.41) is 20.1. The van der Waals surface area contributed by atoms with E-state index in [1.807, 2.05) is 12.1 Å². The molecule has 1 aliphatic rings. The van der Waals surface area contributed by atoms with Crippen molar-refractivity contribution in [1.29, 1.82) is 5.26 Å². The van der Waals surface area contributed by atoms with Gasteiger partial charge in [0.25, 0.3) is 5.91 Å². The summed E-state index contributed by atoms with van der Waals surface area (Å²) in [7, 11) is 0. The van der Waals surface area contributed by atoms with E-state index in [1.165, 1.54) is 17.1 Å². The molecular weight excluding hydrogens is 402 g/mol. The number of aliphatic hydroxyl groups excluding tert-OH is 1. The molecular formula is C22H18ClN5O2. The maximum absolute atomic E-state index is 12.4. The van der Waals surface area contributed by atoms with Gasteiger partial charge in [-0.2, -0.15) is 5.26 Å². The summed E-state index contributed by atoms with van der Waals surface area (Å²) < 4.78 is 1.80. The number of nitrogens with zero attached hydrogens (tertiary/aromatic N) is 5. The highest BCUT2D eigenvalue weighted by atomic mass is 35.5. The highest BCUT2D eigenvalue weighted by molar-refractivity contribution is 6.27. The molecule has 0 saturated heterocycles. The fourth-order valence-corrected chi connectivity index (χ4v) is 3.67. The first-order valence-electron chi connectivity index (χ1n) is 9.28. The summed E-state index contributed by atoms with van der Waals surface area (Å²) in [4.78, 5) is 21.0. The average molecular weight is 420 g/mol. The van der Waals surface area contributed by atoms with Crippen LogP contribution < -0.4 is 4.90 Å². The van der Waals surface area contributed by atoms with Crippen molar-refractivity contribution in [3.05, 3.63) is 90.2 Å². The lowest BCUT2D eigenvalue weighted by atomic mass is 9.94. The number of imidazole rings is 1. The van der Waals surface area contributed by atoms with E-state index in [2.05, 4.69) is 16.0 Å². The first-order valence-corrected chi connectivity index (χ1v) is 9.66. The Morgan fingerprint density at radius 2 is 2.07 bits per heavy atom. The van der Waals surface area contributed by atoms with Crippen LogP contribution in [0.2, 0.25) is 0 Å². The molecule has 1 amide bonds. The van der Waals surface area contributed by atoms with Gasteiger partial charge in [-0.1, -0.05) is 24.3 Å². The summed E-state index contributed by atoms with van der Waals surface area (Å²) >= 11 is 6.81. The highest BCUT2D eigenvalue weighted by Gasteiger charge is 2.42. The molecule has 1 aliphatic heterocycles. The Bertz CT molecular complexity index is 1120. The molecule has 30 heavy (non-hydrogen) atoms. The van der Waals surface area contributed by atoms with Crippen molar-refractivity contribution in [2.45, 2.75) is 17.5 Å². The second-order valence-corrected chi connectivity index (χ2v) is 7.73. The van der Waals surface area contributed by atoms with E-state index < -0.39 is 11.0 Å². The Morgan fingerprint density at radius 1 is 1.27 bits per heavy atom. The van der Waals surface area contributed by atoms with Gasteiger partial charge in [-0.3, -0.25) is 9.69 Å². The number of rotatable bonds is 5. The van der Waals surface area contributed by atoms with Gasteiger partial charge in [-0.15, -0.1) is 11.6 Å². The van der Waals surface area contributed by atoms with Gasteiger partial charge in [-0.05, 0) is 29.8 Å². The van der Waals surface area contributed by atoms with Crippen LogP contribution in [-0.2, 0) is 11.3 Å². The Balaban J connectivity index is 1.59. The average Bonchev–Trinajstić information content (AvgIpc) is 3.24. The first-order chi connectivity index (χ1) is 14.5. The van der Waals surface area contributed by atoms with Gasteiger partial charge in [0.1, 0.15) is 16.8 Å². The van der Waals surface area contributed by atoms with Crippen molar-refractivity contribution in [3.63, 3.8) is 0 Å². The number of carbonyl (C=O) groups excluding carboxylic acids is 1. The standard InChI is InChI=1S/C22H18ClN5O2/c23-22(9-8-20(29)28(14-22)19-3-1-2-10-26-19)21(30)18-12-25-15-27(18)13-17-6-4-16(11-24)5-7-17/h1-10,12,15,21,30H,13-14H2. The van der Waals surface area contributed by atoms with Crippen LogP contribution in [0.25, 0.3) is 0 Å². The third-order valence-electron chi connectivity index (χ3n) is 5.01. The predicted octanol–water partition coefficient (Wildman–Crippen LogP) is 2.81. The molecule has 0 saturated carbocycles. The molecule has 0 fully saturated rings. The quantitative estimate of drug-likeness (QED) is 0.641. The number of alkyl halides is 1. The number of hydrogen-bond acceptors (Lipinski definition) is 5. The minimum atomic E-state index is -1.24. The van der Waals surface area contributed by atoms with E-state index >= 15 is 0 Å². The van der Waals surface area contributed by atoms with Crippen LogP contribution in [0.5, 0.6) is 0 Å². The summed E-state index contributed by atoms with van der Waals surface area (Å²) in [5.41, 5.74) is 2.05. The highest BCUT2D eigenvalue weighted by Crippen LogP contribution is 2.37. The summed E-state index contributed by atoms with van der Waals surface area (Å²) in [6.45, 7) is 0.516. The van der Waals surface area contributed by atoms with Crippen molar-refractivity contribution in [1.82, 2.24) is 14.5 Å². The van der Waals surface area contributed by atoms with Gasteiger partial charge in [0.05, 0.1) is 36.4 Å². The Hall–Kier alpha value is -3.47. The first kappa shape index (κ1) is 19.8. The summed E-state index contributed by atoms with van der Waals surface area (Å²) in [5.74, 6) is 0.221. The summed E-state index contributed by atoms with van der Waals surface area (Å²) in [6, 6.07) is 14.5. The maximum Gasteiger partial charge on any atom is 0.251 e. The molecule has 150 valence electrons. The fourth-order valence-electron chi connectivity index (χ4n) is 3.38. The number of nitriles is 1. The SMILES string of the molecule is N#Cc1ccc(Cn2cncc2C(O)C2(Cl)C=CC(=O)N(c3ccccn3)C2)cc1. The van der Waals surface area contributed by atoms with Crippen molar-refractivity contribution in [2.75, 3.05) is 11.4 Å². The number of aliphatic hydroxyl groups is 1. The number of halogens is 1. The van der Waals surface area contributed by atoms with Gasteiger partial charge in [-0.25, -0.2) is 9.97 Å². The van der Waals surface area contributed by atoms with Crippen molar-refractivity contribution in [2.24, 2.45) is 0 Å². The zero-order valence-corrected chi connectivity index (χ0v) is 16.6. The van der Waals surface area contributed by atoms with Gasteiger partial charge in [0, 0.05) is 18.8 Å². The van der Waals surface area contributed by atoms with Gasteiger partial charge in [0.15, 0.2) is 0 Å². The van der Waals surface area contributed by atoms with Gasteiger partial charge < -0.3 is 9.67 Å². The number of benzene rings is 1. The van der Waals surface area contributed by atoms with Crippen molar-refractivity contribution < 1.29 is 9.90 Å². The van der Waals surface area contributed by atoms with E-state index in [0.717, 1.165) is 5.56 Å². The number of pyridine rings is 1. The maximum atomic E-state index is 12.4. The lowest BCUT2D eigenvalue weighted by molar-refractivity contribution is -0.114. The molecule has 0 spiro atoms. The lowest BCUT2D eigenvalue weighted by Gasteiger charge is -2.37. The number of amides is 1. The number of carbonyl (C=O) groups is 1. The third-order valence-corrected chi connectivity index (χ3v) is 5.46. The third kappa shape index (κ3) is 3.83. The van der Waals surface area contributed by atoms with Gasteiger partial charge >= 0.3 is 0 Å². The van der Waals surface area contributed by atoms with Crippen LogP contribution >= 0.6 is 11.6 Å². The van der Waals surface area contributed by atoms with Crippen LogP contribution in [0.15, 0.2) is 73.3 Å². The largest absolute Gasteiger partial charge is 0.385 e. The van der Waals surface area contributed by atoms with E-state index in [0.29, 0.717) is 23.6 Å². The summed E-state index contributed by atoms with van der Waals surface area (Å²) in [6.07, 6.45) is 6.55. The van der Waals surface area contributed by atoms with Crippen LogP contribution in [-0.4, -0.2) is 37.0 Å². The van der Waals surface area contributed by atoms with Crippen LogP contribution in [0.3, 0.4) is 0 Å². The number of anilines is 1.